The van der Waals surface area contributed by atoms with E-state index in [1.807, 2.05) is 6.92 Å². The molecule has 2 unspecified atom stereocenters. The SMILES string of the molecule is CC(CNc1ncns1)S(C)=O. The Kier molecular flexibility index (Phi) is 3.61. The van der Waals surface area contributed by atoms with Gasteiger partial charge < -0.3 is 5.32 Å². The minimum Gasteiger partial charge on any atom is -0.359 e. The quantitative estimate of drug-likeness (QED) is 0.787. The van der Waals surface area contributed by atoms with Gasteiger partial charge in [0.2, 0.25) is 5.13 Å². The minimum atomic E-state index is -0.778. The van der Waals surface area contributed by atoms with E-state index in [1.54, 1.807) is 6.26 Å². The monoisotopic (exact) mass is 205 g/mol. The fraction of sp³-hybridized carbons (Fsp3) is 0.667. The molecule has 4 nitrogen and oxygen atoms in total. The van der Waals surface area contributed by atoms with Crippen LogP contribution in [0.2, 0.25) is 0 Å². The van der Waals surface area contributed by atoms with E-state index in [2.05, 4.69) is 14.7 Å². The fourth-order valence-electron chi connectivity index (χ4n) is 0.599. The molecule has 0 aliphatic rings. The molecule has 68 valence electrons. The largest absolute Gasteiger partial charge is 0.359 e. The van der Waals surface area contributed by atoms with E-state index in [9.17, 15) is 4.21 Å². The van der Waals surface area contributed by atoms with Gasteiger partial charge in [-0.15, -0.1) is 0 Å². The van der Waals surface area contributed by atoms with Crippen LogP contribution in [0.1, 0.15) is 6.92 Å². The van der Waals surface area contributed by atoms with Gasteiger partial charge in [0.05, 0.1) is 0 Å². The first kappa shape index (κ1) is 9.60. The highest BCUT2D eigenvalue weighted by Gasteiger charge is 2.05. The molecular weight excluding hydrogens is 194 g/mol. The highest BCUT2D eigenvalue weighted by molar-refractivity contribution is 7.84. The first-order valence-corrected chi connectivity index (χ1v) is 5.92. The summed E-state index contributed by atoms with van der Waals surface area (Å²) in [4.78, 5) is 3.94. The maximum atomic E-state index is 10.9. The first-order chi connectivity index (χ1) is 5.70. The van der Waals surface area contributed by atoms with E-state index in [-0.39, 0.29) is 5.25 Å². The highest BCUT2D eigenvalue weighted by atomic mass is 32.2. The fourth-order valence-corrected chi connectivity index (χ4v) is 1.35. The van der Waals surface area contributed by atoms with Gasteiger partial charge in [-0.2, -0.15) is 4.37 Å². The summed E-state index contributed by atoms with van der Waals surface area (Å²) in [6, 6.07) is 0. The van der Waals surface area contributed by atoms with Crippen LogP contribution in [0.4, 0.5) is 5.13 Å². The Morgan fingerprint density at radius 3 is 3.08 bits per heavy atom. The molecule has 0 radical (unpaired) electrons. The first-order valence-electron chi connectivity index (χ1n) is 3.53. The second kappa shape index (κ2) is 4.51. The summed E-state index contributed by atoms with van der Waals surface area (Å²) in [5.41, 5.74) is 0. The third-order valence-corrected chi connectivity index (χ3v) is 3.39. The van der Waals surface area contributed by atoms with Crippen molar-refractivity contribution < 1.29 is 4.21 Å². The van der Waals surface area contributed by atoms with E-state index in [0.29, 0.717) is 6.54 Å². The third-order valence-electron chi connectivity index (χ3n) is 1.47. The molecule has 0 bridgehead atoms. The molecule has 0 saturated heterocycles. The van der Waals surface area contributed by atoms with E-state index in [0.717, 1.165) is 5.13 Å². The average molecular weight is 205 g/mol. The molecule has 0 aliphatic heterocycles. The highest BCUT2D eigenvalue weighted by Crippen LogP contribution is 2.06. The van der Waals surface area contributed by atoms with Gasteiger partial charge in [0, 0.05) is 40.4 Å². The number of aromatic nitrogens is 2. The van der Waals surface area contributed by atoms with Crippen LogP contribution in [0, 0.1) is 0 Å². The third kappa shape index (κ3) is 2.86. The summed E-state index contributed by atoms with van der Waals surface area (Å²) in [6.07, 6.45) is 3.20. The Bertz CT molecular complexity index is 249. The lowest BCUT2D eigenvalue weighted by Crippen LogP contribution is -2.20. The molecule has 6 heteroatoms. The molecule has 0 aromatic carbocycles. The summed E-state index contributed by atoms with van der Waals surface area (Å²) >= 11 is 1.31. The van der Waals surface area contributed by atoms with Gasteiger partial charge in [0.1, 0.15) is 6.33 Å². The van der Waals surface area contributed by atoms with Gasteiger partial charge in [-0.25, -0.2) is 4.98 Å². The van der Waals surface area contributed by atoms with E-state index < -0.39 is 10.8 Å². The lowest BCUT2D eigenvalue weighted by Gasteiger charge is -2.07. The molecule has 0 amide bonds. The smallest absolute Gasteiger partial charge is 0.202 e. The summed E-state index contributed by atoms with van der Waals surface area (Å²) in [5, 5.41) is 3.99. The number of nitrogens with one attached hydrogen (secondary N) is 1. The zero-order valence-corrected chi connectivity index (χ0v) is 8.61. The minimum absolute atomic E-state index is 0.147. The molecule has 12 heavy (non-hydrogen) atoms. The standard InChI is InChI=1S/C6H11N3OS2/c1-5(12(2)10)3-7-6-8-4-9-11-6/h4-5H,3H2,1-2H3,(H,7,8,9). The Hall–Kier alpha value is -0.490. The summed E-state index contributed by atoms with van der Waals surface area (Å²) < 4.78 is 14.8. The zero-order valence-electron chi connectivity index (χ0n) is 6.98. The maximum Gasteiger partial charge on any atom is 0.202 e. The molecule has 0 saturated carbocycles. The van der Waals surface area contributed by atoms with Crippen molar-refractivity contribution >= 4 is 27.5 Å². The van der Waals surface area contributed by atoms with Crippen LogP contribution < -0.4 is 5.32 Å². The van der Waals surface area contributed by atoms with Crippen molar-refractivity contribution in [2.24, 2.45) is 0 Å². The van der Waals surface area contributed by atoms with Crippen LogP contribution in [0.15, 0.2) is 6.33 Å². The molecule has 2 atom stereocenters. The molecule has 0 fully saturated rings. The number of rotatable bonds is 4. The Morgan fingerprint density at radius 2 is 2.58 bits per heavy atom. The summed E-state index contributed by atoms with van der Waals surface area (Å²) in [6.45, 7) is 2.61. The number of anilines is 1. The van der Waals surface area contributed by atoms with Crippen LogP contribution in [0.25, 0.3) is 0 Å². The molecular formula is C6H11N3OS2. The van der Waals surface area contributed by atoms with Gasteiger partial charge in [-0.3, -0.25) is 4.21 Å². The van der Waals surface area contributed by atoms with Crippen LogP contribution in [-0.2, 0) is 10.8 Å². The number of hydrogen-bond acceptors (Lipinski definition) is 5. The molecule has 1 heterocycles. The lowest BCUT2D eigenvalue weighted by atomic mass is 10.5. The Morgan fingerprint density at radius 1 is 1.83 bits per heavy atom. The van der Waals surface area contributed by atoms with Crippen LogP contribution in [0.5, 0.6) is 0 Å². The number of nitrogens with zero attached hydrogens (tertiary/aromatic N) is 2. The van der Waals surface area contributed by atoms with E-state index in [4.69, 9.17) is 0 Å². The van der Waals surface area contributed by atoms with Crippen LogP contribution in [0.3, 0.4) is 0 Å². The van der Waals surface area contributed by atoms with Crippen molar-refractivity contribution in [3.63, 3.8) is 0 Å². The van der Waals surface area contributed by atoms with Crippen molar-refractivity contribution in [1.82, 2.24) is 9.36 Å². The van der Waals surface area contributed by atoms with Gasteiger partial charge in [0.15, 0.2) is 0 Å². The van der Waals surface area contributed by atoms with Crippen molar-refractivity contribution in [3.05, 3.63) is 6.33 Å². The second-order valence-electron chi connectivity index (χ2n) is 2.44. The van der Waals surface area contributed by atoms with Gasteiger partial charge in [-0.05, 0) is 6.92 Å². The van der Waals surface area contributed by atoms with Crippen molar-refractivity contribution in [2.75, 3.05) is 18.1 Å². The van der Waals surface area contributed by atoms with Gasteiger partial charge in [0.25, 0.3) is 0 Å². The molecule has 1 rings (SSSR count). The molecule has 1 aromatic rings. The summed E-state index contributed by atoms with van der Waals surface area (Å²) in [5.74, 6) is 0. The maximum absolute atomic E-state index is 10.9. The van der Waals surface area contributed by atoms with Crippen LogP contribution >= 0.6 is 11.5 Å². The van der Waals surface area contributed by atoms with Crippen molar-refractivity contribution in [3.8, 4) is 0 Å². The number of hydrogen-bond donors (Lipinski definition) is 1. The Labute approximate surface area is 78.0 Å². The van der Waals surface area contributed by atoms with Gasteiger partial charge in [-0.1, -0.05) is 0 Å². The second-order valence-corrected chi connectivity index (χ2v) is 5.02. The molecule has 0 aliphatic carbocycles. The van der Waals surface area contributed by atoms with Crippen LogP contribution in [-0.4, -0.2) is 31.6 Å². The predicted molar refractivity (Wildman–Crippen MR) is 51.9 cm³/mol. The van der Waals surface area contributed by atoms with Crippen molar-refractivity contribution in [2.45, 2.75) is 12.2 Å². The predicted octanol–water partition coefficient (Wildman–Crippen LogP) is 0.717. The zero-order chi connectivity index (χ0) is 8.97. The normalized spacial score (nSPS) is 15.5. The van der Waals surface area contributed by atoms with E-state index in [1.165, 1.54) is 17.9 Å². The Balaban J connectivity index is 2.31. The van der Waals surface area contributed by atoms with E-state index >= 15 is 0 Å². The average Bonchev–Trinajstić information content (AvgIpc) is 2.51. The lowest BCUT2D eigenvalue weighted by molar-refractivity contribution is 0.679. The summed E-state index contributed by atoms with van der Waals surface area (Å²) in [7, 11) is -0.778. The molecule has 0 spiro atoms. The topological polar surface area (TPSA) is 54.9 Å². The van der Waals surface area contributed by atoms with Gasteiger partial charge >= 0.3 is 0 Å². The molecule has 1 aromatic heterocycles. The van der Waals surface area contributed by atoms with Crippen molar-refractivity contribution in [1.29, 1.82) is 0 Å². The molecule has 1 N–H and O–H groups in total.